The number of hydrogen-bond acceptors (Lipinski definition) is 6. The second-order valence-corrected chi connectivity index (χ2v) is 10.9. The first-order chi connectivity index (χ1) is 15.5. The highest BCUT2D eigenvalue weighted by molar-refractivity contribution is 9.10. The standard InChI is InChI=1S/C23H18BrN3O2S3/c1-14(21(28)27-23-26-19(13-31-23)15-4-6-16(24)7-5-15)32-18-10-8-17(9-11-18)25-22(29)20-3-2-12-30-20/h2-14H,1H3,(H,25,29)(H,26,27,28). The molecule has 4 aromatic rings. The lowest BCUT2D eigenvalue weighted by molar-refractivity contribution is -0.115. The van der Waals surface area contributed by atoms with Gasteiger partial charge in [-0.05, 0) is 54.8 Å². The molecule has 0 aliphatic heterocycles. The highest BCUT2D eigenvalue weighted by atomic mass is 79.9. The van der Waals surface area contributed by atoms with Crippen molar-refractivity contribution in [2.75, 3.05) is 10.6 Å². The number of hydrogen-bond donors (Lipinski definition) is 2. The van der Waals surface area contributed by atoms with E-state index in [1.165, 1.54) is 34.4 Å². The van der Waals surface area contributed by atoms with Crippen LogP contribution < -0.4 is 10.6 Å². The third kappa shape index (κ3) is 5.86. The molecule has 0 aliphatic carbocycles. The molecule has 0 bridgehead atoms. The summed E-state index contributed by atoms with van der Waals surface area (Å²) in [5.74, 6) is -0.235. The molecule has 2 aromatic heterocycles. The molecule has 0 aliphatic rings. The molecule has 2 N–H and O–H groups in total. The van der Waals surface area contributed by atoms with Gasteiger partial charge in [0.1, 0.15) is 0 Å². The molecule has 162 valence electrons. The molecule has 32 heavy (non-hydrogen) atoms. The SMILES string of the molecule is CC(Sc1ccc(NC(=O)c2cccs2)cc1)C(=O)Nc1nc(-c2ccc(Br)cc2)cs1. The van der Waals surface area contributed by atoms with E-state index in [-0.39, 0.29) is 17.1 Å². The van der Waals surface area contributed by atoms with E-state index < -0.39 is 0 Å². The second kappa shape index (κ2) is 10.4. The number of benzene rings is 2. The Morgan fingerprint density at radius 2 is 1.75 bits per heavy atom. The Balaban J connectivity index is 1.31. The summed E-state index contributed by atoms with van der Waals surface area (Å²) in [6.07, 6.45) is 0. The van der Waals surface area contributed by atoms with Gasteiger partial charge in [0.05, 0.1) is 15.8 Å². The van der Waals surface area contributed by atoms with Crippen molar-refractivity contribution < 1.29 is 9.59 Å². The number of carbonyl (C=O) groups excluding carboxylic acids is 2. The molecule has 1 atom stereocenters. The molecule has 2 heterocycles. The minimum atomic E-state index is -0.304. The first-order valence-electron chi connectivity index (χ1n) is 9.62. The van der Waals surface area contributed by atoms with Crippen molar-refractivity contribution in [1.29, 1.82) is 0 Å². The molecule has 5 nitrogen and oxygen atoms in total. The van der Waals surface area contributed by atoms with Gasteiger partial charge in [0.15, 0.2) is 5.13 Å². The molecular weight excluding hydrogens is 526 g/mol. The highest BCUT2D eigenvalue weighted by Gasteiger charge is 2.17. The zero-order chi connectivity index (χ0) is 22.5. The van der Waals surface area contributed by atoms with Gasteiger partial charge < -0.3 is 10.6 Å². The van der Waals surface area contributed by atoms with Crippen LogP contribution in [-0.2, 0) is 4.79 Å². The molecule has 0 saturated carbocycles. The number of carbonyl (C=O) groups is 2. The topological polar surface area (TPSA) is 71.1 Å². The van der Waals surface area contributed by atoms with Gasteiger partial charge in [-0.1, -0.05) is 34.1 Å². The van der Waals surface area contributed by atoms with Crippen LogP contribution in [0.4, 0.5) is 10.8 Å². The molecule has 9 heteroatoms. The lowest BCUT2D eigenvalue weighted by atomic mass is 10.2. The molecule has 2 amide bonds. The monoisotopic (exact) mass is 543 g/mol. The van der Waals surface area contributed by atoms with Crippen molar-refractivity contribution in [1.82, 2.24) is 4.98 Å². The summed E-state index contributed by atoms with van der Waals surface area (Å²) in [5.41, 5.74) is 2.55. The van der Waals surface area contributed by atoms with Crippen LogP contribution in [0, 0.1) is 0 Å². The van der Waals surface area contributed by atoms with E-state index in [0.717, 1.165) is 20.6 Å². The van der Waals surface area contributed by atoms with Gasteiger partial charge in [-0.15, -0.1) is 34.4 Å². The van der Waals surface area contributed by atoms with Crippen LogP contribution in [0.1, 0.15) is 16.6 Å². The second-order valence-electron chi connectivity index (χ2n) is 6.75. The number of thiophene rings is 1. The Morgan fingerprint density at radius 1 is 1.00 bits per heavy atom. The maximum atomic E-state index is 12.6. The van der Waals surface area contributed by atoms with Crippen molar-refractivity contribution >= 4 is 73.0 Å². The fourth-order valence-electron chi connectivity index (χ4n) is 2.77. The molecule has 2 aromatic carbocycles. The number of thioether (sulfide) groups is 1. The summed E-state index contributed by atoms with van der Waals surface area (Å²) >= 11 is 7.68. The zero-order valence-electron chi connectivity index (χ0n) is 16.9. The fourth-order valence-corrected chi connectivity index (χ4v) is 5.24. The van der Waals surface area contributed by atoms with Gasteiger partial charge in [0.25, 0.3) is 5.91 Å². The average molecular weight is 545 g/mol. The highest BCUT2D eigenvalue weighted by Crippen LogP contribution is 2.29. The summed E-state index contributed by atoms with van der Waals surface area (Å²) < 4.78 is 1.01. The van der Waals surface area contributed by atoms with Crippen molar-refractivity contribution in [2.45, 2.75) is 17.1 Å². The summed E-state index contributed by atoms with van der Waals surface area (Å²) in [6.45, 7) is 1.86. The Labute approximate surface area is 206 Å². The van der Waals surface area contributed by atoms with Gasteiger partial charge in [0, 0.05) is 26.0 Å². The van der Waals surface area contributed by atoms with Gasteiger partial charge in [0.2, 0.25) is 5.91 Å². The number of anilines is 2. The van der Waals surface area contributed by atoms with E-state index in [9.17, 15) is 9.59 Å². The Bertz CT molecular complexity index is 1210. The predicted molar refractivity (Wildman–Crippen MR) is 138 cm³/mol. The van der Waals surface area contributed by atoms with Crippen LogP contribution in [0.5, 0.6) is 0 Å². The van der Waals surface area contributed by atoms with Crippen molar-refractivity contribution in [3.63, 3.8) is 0 Å². The van der Waals surface area contributed by atoms with Crippen LogP contribution in [0.25, 0.3) is 11.3 Å². The molecule has 0 fully saturated rings. The Morgan fingerprint density at radius 3 is 2.44 bits per heavy atom. The third-order valence-corrected chi connectivity index (χ3v) is 7.68. The van der Waals surface area contributed by atoms with Crippen LogP contribution in [-0.4, -0.2) is 22.0 Å². The lowest BCUT2D eigenvalue weighted by Crippen LogP contribution is -2.22. The van der Waals surface area contributed by atoms with E-state index in [2.05, 4.69) is 31.5 Å². The largest absolute Gasteiger partial charge is 0.321 e. The van der Waals surface area contributed by atoms with Gasteiger partial charge >= 0.3 is 0 Å². The zero-order valence-corrected chi connectivity index (χ0v) is 20.9. The summed E-state index contributed by atoms with van der Waals surface area (Å²) in [4.78, 5) is 30.9. The molecular formula is C23H18BrN3O2S3. The number of halogens is 1. The Hall–Kier alpha value is -2.46. The molecule has 0 spiro atoms. The normalized spacial score (nSPS) is 11.7. The quantitative estimate of drug-likeness (QED) is 0.246. The first kappa shape index (κ1) is 22.7. The number of aromatic nitrogens is 1. The molecule has 4 rings (SSSR count). The third-order valence-electron chi connectivity index (χ3n) is 4.41. The Kier molecular flexibility index (Phi) is 7.41. The minimum Gasteiger partial charge on any atom is -0.321 e. The smallest absolute Gasteiger partial charge is 0.265 e. The summed E-state index contributed by atoms with van der Waals surface area (Å²) in [5, 5.41) is 9.84. The average Bonchev–Trinajstić information content (AvgIpc) is 3.48. The summed E-state index contributed by atoms with van der Waals surface area (Å²) in [6, 6.07) is 19.0. The van der Waals surface area contributed by atoms with E-state index >= 15 is 0 Å². The number of thiazole rings is 1. The number of amides is 2. The van der Waals surface area contributed by atoms with E-state index in [0.29, 0.717) is 15.7 Å². The van der Waals surface area contributed by atoms with Crippen molar-refractivity contribution in [3.8, 4) is 11.3 Å². The number of nitrogens with one attached hydrogen (secondary N) is 2. The molecule has 0 saturated heterocycles. The van der Waals surface area contributed by atoms with Gasteiger partial charge in [-0.3, -0.25) is 9.59 Å². The predicted octanol–water partition coefficient (Wildman–Crippen LogP) is 7.01. The first-order valence-corrected chi connectivity index (χ1v) is 13.0. The summed E-state index contributed by atoms with van der Waals surface area (Å²) in [7, 11) is 0. The van der Waals surface area contributed by atoms with Crippen LogP contribution in [0.15, 0.2) is 80.8 Å². The maximum Gasteiger partial charge on any atom is 0.265 e. The fraction of sp³-hybridized carbons (Fsp3) is 0.0870. The van der Waals surface area contributed by atoms with Gasteiger partial charge in [-0.2, -0.15) is 0 Å². The number of nitrogens with zero attached hydrogens (tertiary/aromatic N) is 1. The molecule has 1 unspecified atom stereocenters. The van der Waals surface area contributed by atoms with E-state index in [1.54, 1.807) is 6.07 Å². The van der Waals surface area contributed by atoms with Crippen molar-refractivity contribution in [2.24, 2.45) is 0 Å². The molecule has 0 radical (unpaired) electrons. The van der Waals surface area contributed by atoms with Crippen LogP contribution in [0.3, 0.4) is 0 Å². The van der Waals surface area contributed by atoms with Crippen molar-refractivity contribution in [3.05, 3.63) is 80.8 Å². The minimum absolute atomic E-state index is 0.109. The van der Waals surface area contributed by atoms with Crippen LogP contribution >= 0.6 is 50.4 Å². The van der Waals surface area contributed by atoms with E-state index in [1.807, 2.05) is 72.3 Å². The maximum absolute atomic E-state index is 12.6. The van der Waals surface area contributed by atoms with E-state index in [4.69, 9.17) is 0 Å². The lowest BCUT2D eigenvalue weighted by Gasteiger charge is -2.11. The van der Waals surface area contributed by atoms with Crippen LogP contribution in [0.2, 0.25) is 0 Å². The van der Waals surface area contributed by atoms with Gasteiger partial charge in [-0.25, -0.2) is 4.98 Å². The number of rotatable bonds is 7.